The molecular weight excluding hydrogens is 264 g/mol. The third kappa shape index (κ3) is 9.49. The van der Waals surface area contributed by atoms with Crippen LogP contribution < -0.4 is 10.6 Å². The summed E-state index contributed by atoms with van der Waals surface area (Å²) in [5, 5.41) is 14.4. The maximum atomic E-state index is 9.74. The zero-order valence-corrected chi connectivity index (χ0v) is 13.1. The molecule has 2 saturated carbocycles. The molecule has 0 saturated heterocycles. The Labute approximate surface area is 129 Å². The van der Waals surface area contributed by atoms with Crippen LogP contribution in [0.3, 0.4) is 0 Å². The molecule has 21 heavy (non-hydrogen) atoms. The average molecular weight is 294 g/mol. The molecule has 2 aliphatic rings. The minimum atomic E-state index is -0.889. The van der Waals surface area contributed by atoms with Crippen LogP contribution in [0, 0.1) is 12.3 Å². The van der Waals surface area contributed by atoms with Crippen LogP contribution >= 0.6 is 0 Å². The standard InChI is InChI=1S/C12H23N.C5H7NO2/c1-3-7-11(8-4-1)13-12-9-5-2-6-10-12;1-2-3-6-4-5(7)8/h11-13H,1-10H2;1,6H,3-4H2,(H,7,8). The minimum Gasteiger partial charge on any atom is -0.480 e. The first-order chi connectivity index (χ1) is 10.2. The van der Waals surface area contributed by atoms with Crippen LogP contribution in [0.5, 0.6) is 0 Å². The van der Waals surface area contributed by atoms with E-state index in [9.17, 15) is 4.79 Å². The number of hydrogen-bond acceptors (Lipinski definition) is 3. The molecule has 2 aliphatic carbocycles. The summed E-state index contributed by atoms with van der Waals surface area (Å²) in [5.74, 6) is 1.36. The average Bonchev–Trinajstić information content (AvgIpc) is 2.50. The van der Waals surface area contributed by atoms with Crippen LogP contribution in [0.2, 0.25) is 0 Å². The van der Waals surface area contributed by atoms with Gasteiger partial charge in [-0.3, -0.25) is 10.1 Å². The number of terminal acetylenes is 1. The fourth-order valence-electron chi connectivity index (χ4n) is 3.11. The second kappa shape index (κ2) is 11.6. The van der Waals surface area contributed by atoms with Crippen molar-refractivity contribution >= 4 is 5.97 Å². The van der Waals surface area contributed by atoms with Gasteiger partial charge in [0.2, 0.25) is 0 Å². The van der Waals surface area contributed by atoms with Crippen LogP contribution in [0.25, 0.3) is 0 Å². The SMILES string of the molecule is C#CCNCC(=O)O.C1CCC(NC2CCCCC2)CC1. The Morgan fingerprint density at radius 3 is 1.86 bits per heavy atom. The highest BCUT2D eigenvalue weighted by Gasteiger charge is 2.19. The molecule has 0 spiro atoms. The van der Waals surface area contributed by atoms with Crippen molar-refractivity contribution in [2.75, 3.05) is 13.1 Å². The Hall–Kier alpha value is -1.05. The second-order valence-electron chi connectivity index (χ2n) is 6.04. The van der Waals surface area contributed by atoms with Crippen LogP contribution in [-0.4, -0.2) is 36.2 Å². The molecular formula is C17H30N2O2. The van der Waals surface area contributed by atoms with E-state index in [1.807, 2.05) is 0 Å². The summed E-state index contributed by atoms with van der Waals surface area (Å²) >= 11 is 0. The quantitative estimate of drug-likeness (QED) is 0.539. The minimum absolute atomic E-state index is 0.0653. The molecule has 0 amide bonds. The van der Waals surface area contributed by atoms with Crippen molar-refractivity contribution in [3.63, 3.8) is 0 Å². The summed E-state index contributed by atoms with van der Waals surface area (Å²) < 4.78 is 0. The van der Waals surface area contributed by atoms with Gasteiger partial charge < -0.3 is 10.4 Å². The van der Waals surface area contributed by atoms with E-state index in [-0.39, 0.29) is 6.54 Å². The van der Waals surface area contributed by atoms with Crippen LogP contribution in [0.4, 0.5) is 0 Å². The van der Waals surface area contributed by atoms with Gasteiger partial charge in [0.25, 0.3) is 0 Å². The van der Waals surface area contributed by atoms with Crippen LogP contribution in [-0.2, 0) is 4.79 Å². The van der Waals surface area contributed by atoms with E-state index >= 15 is 0 Å². The zero-order chi connectivity index (χ0) is 15.3. The number of nitrogens with one attached hydrogen (secondary N) is 2. The van der Waals surface area contributed by atoms with Gasteiger partial charge in [-0.05, 0) is 25.7 Å². The number of carbonyl (C=O) groups is 1. The molecule has 0 unspecified atom stereocenters. The molecule has 2 fully saturated rings. The van der Waals surface area contributed by atoms with Crippen LogP contribution in [0.15, 0.2) is 0 Å². The molecule has 0 heterocycles. The lowest BCUT2D eigenvalue weighted by Crippen LogP contribution is -2.40. The Kier molecular flexibility index (Phi) is 9.94. The van der Waals surface area contributed by atoms with E-state index in [0.29, 0.717) is 6.54 Å². The topological polar surface area (TPSA) is 61.4 Å². The monoisotopic (exact) mass is 294 g/mol. The molecule has 0 aromatic rings. The van der Waals surface area contributed by atoms with E-state index in [0.717, 1.165) is 12.1 Å². The van der Waals surface area contributed by atoms with Gasteiger partial charge in [-0.2, -0.15) is 0 Å². The molecule has 3 N–H and O–H groups in total. The molecule has 0 bridgehead atoms. The van der Waals surface area contributed by atoms with E-state index in [1.165, 1.54) is 64.2 Å². The van der Waals surface area contributed by atoms with Gasteiger partial charge in [-0.15, -0.1) is 6.42 Å². The van der Waals surface area contributed by atoms with Crippen molar-refractivity contribution in [3.8, 4) is 12.3 Å². The largest absolute Gasteiger partial charge is 0.480 e. The number of rotatable bonds is 5. The van der Waals surface area contributed by atoms with Crippen molar-refractivity contribution in [2.24, 2.45) is 0 Å². The predicted octanol–water partition coefficient (Wildman–Crippen LogP) is 2.54. The van der Waals surface area contributed by atoms with E-state index in [4.69, 9.17) is 11.5 Å². The van der Waals surface area contributed by atoms with Crippen molar-refractivity contribution < 1.29 is 9.90 Å². The van der Waals surface area contributed by atoms with E-state index < -0.39 is 5.97 Å². The zero-order valence-electron chi connectivity index (χ0n) is 13.1. The predicted molar refractivity (Wildman–Crippen MR) is 86.2 cm³/mol. The lowest BCUT2D eigenvalue weighted by Gasteiger charge is -2.30. The highest BCUT2D eigenvalue weighted by Crippen LogP contribution is 2.22. The van der Waals surface area contributed by atoms with Gasteiger partial charge in [0.1, 0.15) is 0 Å². The van der Waals surface area contributed by atoms with Crippen molar-refractivity contribution in [3.05, 3.63) is 0 Å². The highest BCUT2D eigenvalue weighted by molar-refractivity contribution is 5.69. The molecule has 120 valence electrons. The molecule has 0 aromatic carbocycles. The summed E-state index contributed by atoms with van der Waals surface area (Å²) in [5.41, 5.74) is 0. The smallest absolute Gasteiger partial charge is 0.317 e. The number of carboxylic acid groups (broad SMARTS) is 1. The molecule has 4 heteroatoms. The summed E-state index contributed by atoms with van der Waals surface area (Å²) in [6.07, 6.45) is 19.4. The Bertz CT molecular complexity index is 297. The number of aliphatic carboxylic acids is 1. The summed E-state index contributed by atoms with van der Waals surface area (Å²) in [6.45, 7) is 0.247. The van der Waals surface area contributed by atoms with Gasteiger partial charge in [-0.25, -0.2) is 0 Å². The Balaban J connectivity index is 0.000000240. The second-order valence-corrected chi connectivity index (χ2v) is 6.04. The fraction of sp³-hybridized carbons (Fsp3) is 0.824. The van der Waals surface area contributed by atoms with Gasteiger partial charge >= 0.3 is 5.97 Å². The maximum Gasteiger partial charge on any atom is 0.317 e. The number of carboxylic acids is 1. The van der Waals surface area contributed by atoms with E-state index in [1.54, 1.807) is 0 Å². The first-order valence-electron chi connectivity index (χ1n) is 8.34. The third-order valence-electron chi connectivity index (χ3n) is 4.19. The molecule has 4 nitrogen and oxygen atoms in total. The molecule has 2 rings (SSSR count). The fourth-order valence-corrected chi connectivity index (χ4v) is 3.11. The highest BCUT2D eigenvalue weighted by atomic mass is 16.4. The van der Waals surface area contributed by atoms with Crippen LogP contribution in [0.1, 0.15) is 64.2 Å². The van der Waals surface area contributed by atoms with Gasteiger partial charge in [-0.1, -0.05) is 44.4 Å². The molecule has 0 aliphatic heterocycles. The van der Waals surface area contributed by atoms with Crippen molar-refractivity contribution in [1.29, 1.82) is 0 Å². The van der Waals surface area contributed by atoms with Crippen molar-refractivity contribution in [1.82, 2.24) is 10.6 Å². The maximum absolute atomic E-state index is 9.74. The third-order valence-corrected chi connectivity index (χ3v) is 4.19. The molecule has 0 atom stereocenters. The number of hydrogen-bond donors (Lipinski definition) is 3. The Morgan fingerprint density at radius 1 is 1.00 bits per heavy atom. The first kappa shape index (κ1) is 18.0. The van der Waals surface area contributed by atoms with Gasteiger partial charge in [0.05, 0.1) is 13.1 Å². The van der Waals surface area contributed by atoms with Gasteiger partial charge in [0.15, 0.2) is 0 Å². The molecule has 0 aromatic heterocycles. The van der Waals surface area contributed by atoms with E-state index in [2.05, 4.69) is 16.6 Å². The summed E-state index contributed by atoms with van der Waals surface area (Å²) in [4.78, 5) is 9.74. The van der Waals surface area contributed by atoms with Gasteiger partial charge in [0, 0.05) is 12.1 Å². The lowest BCUT2D eigenvalue weighted by atomic mass is 9.91. The first-order valence-corrected chi connectivity index (χ1v) is 8.34. The normalized spacial score (nSPS) is 20.1. The summed E-state index contributed by atoms with van der Waals surface area (Å²) in [7, 11) is 0. The Morgan fingerprint density at radius 2 is 1.48 bits per heavy atom. The van der Waals surface area contributed by atoms with Crippen molar-refractivity contribution in [2.45, 2.75) is 76.3 Å². The lowest BCUT2D eigenvalue weighted by molar-refractivity contribution is -0.135. The summed E-state index contributed by atoms with van der Waals surface area (Å²) in [6, 6.07) is 1.74. The molecule has 0 radical (unpaired) electrons.